The van der Waals surface area contributed by atoms with E-state index < -0.39 is 11.9 Å². The van der Waals surface area contributed by atoms with Crippen molar-refractivity contribution in [2.24, 2.45) is 5.92 Å². The third-order valence-electron chi connectivity index (χ3n) is 3.70. The lowest BCUT2D eigenvalue weighted by molar-refractivity contribution is 0.185. The Morgan fingerprint density at radius 3 is 2.68 bits per heavy atom. The summed E-state index contributed by atoms with van der Waals surface area (Å²) in [7, 11) is 0. The molecule has 1 amide bonds. The van der Waals surface area contributed by atoms with E-state index in [9.17, 15) is 9.18 Å². The Hall–Kier alpha value is -2.83. The third-order valence-corrected chi connectivity index (χ3v) is 3.70. The third kappa shape index (κ3) is 5.63. The van der Waals surface area contributed by atoms with Crippen molar-refractivity contribution in [3.05, 3.63) is 42.3 Å². The SMILES string of the molecule is CC(C[C@H](C)COc1ccc(-c2ccnc(N)c2)cc1F)NC(=O)O. The van der Waals surface area contributed by atoms with Crippen molar-refractivity contribution < 1.29 is 19.0 Å². The predicted octanol–water partition coefficient (Wildman–Crippen LogP) is 3.53. The average Bonchev–Trinajstić information content (AvgIpc) is 2.52. The maximum absolute atomic E-state index is 14.3. The van der Waals surface area contributed by atoms with Gasteiger partial charge < -0.3 is 20.9 Å². The van der Waals surface area contributed by atoms with E-state index in [2.05, 4.69) is 10.3 Å². The average molecular weight is 347 g/mol. The molecule has 0 bridgehead atoms. The summed E-state index contributed by atoms with van der Waals surface area (Å²) in [6.07, 6.45) is 1.11. The number of hydrogen-bond acceptors (Lipinski definition) is 4. The van der Waals surface area contributed by atoms with Gasteiger partial charge in [0.2, 0.25) is 0 Å². The lowest BCUT2D eigenvalue weighted by Gasteiger charge is -2.18. The maximum atomic E-state index is 14.3. The first-order valence-electron chi connectivity index (χ1n) is 7.99. The van der Waals surface area contributed by atoms with Crippen molar-refractivity contribution in [3.63, 3.8) is 0 Å². The van der Waals surface area contributed by atoms with Crippen LogP contribution >= 0.6 is 0 Å². The predicted molar refractivity (Wildman–Crippen MR) is 93.9 cm³/mol. The van der Waals surface area contributed by atoms with Gasteiger partial charge in [0.25, 0.3) is 0 Å². The Morgan fingerprint density at radius 1 is 1.32 bits per heavy atom. The number of amides is 1. The highest BCUT2D eigenvalue weighted by Gasteiger charge is 2.13. The van der Waals surface area contributed by atoms with Crippen LogP contribution in [0, 0.1) is 11.7 Å². The van der Waals surface area contributed by atoms with Gasteiger partial charge in [0, 0.05) is 12.2 Å². The molecule has 0 saturated heterocycles. The van der Waals surface area contributed by atoms with Crippen molar-refractivity contribution in [1.82, 2.24) is 10.3 Å². The van der Waals surface area contributed by atoms with Crippen LogP contribution in [0.15, 0.2) is 36.5 Å². The van der Waals surface area contributed by atoms with Crippen LogP contribution < -0.4 is 15.8 Å². The minimum absolute atomic E-state index is 0.0703. The van der Waals surface area contributed by atoms with Crippen LogP contribution in [-0.4, -0.2) is 28.8 Å². The number of nitrogens with two attached hydrogens (primary N) is 1. The molecule has 1 aromatic carbocycles. The minimum Gasteiger partial charge on any atom is -0.490 e. The number of carboxylic acid groups (broad SMARTS) is 1. The van der Waals surface area contributed by atoms with Gasteiger partial charge in [0.15, 0.2) is 11.6 Å². The van der Waals surface area contributed by atoms with E-state index in [1.165, 1.54) is 6.07 Å². The molecule has 0 aliphatic carbocycles. The summed E-state index contributed by atoms with van der Waals surface area (Å²) >= 11 is 0. The number of benzene rings is 1. The molecule has 2 aromatic rings. The molecule has 1 aromatic heterocycles. The second-order valence-corrected chi connectivity index (χ2v) is 6.12. The Balaban J connectivity index is 1.96. The second-order valence-electron chi connectivity index (χ2n) is 6.12. The number of carbonyl (C=O) groups is 1. The molecule has 0 aliphatic heterocycles. The van der Waals surface area contributed by atoms with Gasteiger partial charge in [-0.3, -0.25) is 0 Å². The molecule has 0 aliphatic rings. The van der Waals surface area contributed by atoms with Gasteiger partial charge >= 0.3 is 6.09 Å². The molecule has 0 fully saturated rings. The number of nitrogen functional groups attached to an aromatic ring is 1. The Kier molecular flexibility index (Phi) is 6.16. The van der Waals surface area contributed by atoms with Gasteiger partial charge in [-0.15, -0.1) is 0 Å². The van der Waals surface area contributed by atoms with Crippen LogP contribution in [0.25, 0.3) is 11.1 Å². The molecule has 25 heavy (non-hydrogen) atoms. The highest BCUT2D eigenvalue weighted by atomic mass is 19.1. The Bertz CT molecular complexity index is 739. The van der Waals surface area contributed by atoms with Gasteiger partial charge in [0.1, 0.15) is 5.82 Å². The van der Waals surface area contributed by atoms with E-state index in [0.717, 1.165) is 5.56 Å². The molecule has 6 nitrogen and oxygen atoms in total. The summed E-state index contributed by atoms with van der Waals surface area (Å²) in [5, 5.41) is 11.1. The monoisotopic (exact) mass is 347 g/mol. The minimum atomic E-state index is -1.06. The number of pyridine rings is 1. The highest BCUT2D eigenvalue weighted by Crippen LogP contribution is 2.26. The summed E-state index contributed by atoms with van der Waals surface area (Å²) in [4.78, 5) is 14.5. The number of nitrogens with one attached hydrogen (secondary N) is 1. The normalized spacial score (nSPS) is 13.1. The summed E-state index contributed by atoms with van der Waals surface area (Å²) in [6, 6.07) is 7.96. The van der Waals surface area contributed by atoms with Gasteiger partial charge in [0.05, 0.1) is 6.61 Å². The summed E-state index contributed by atoms with van der Waals surface area (Å²) in [5.74, 6) is 0.144. The van der Waals surface area contributed by atoms with Gasteiger partial charge in [-0.2, -0.15) is 0 Å². The molecule has 0 radical (unpaired) electrons. The number of rotatable bonds is 7. The lowest BCUT2D eigenvalue weighted by Crippen LogP contribution is -2.33. The van der Waals surface area contributed by atoms with Crippen LogP contribution in [0.4, 0.5) is 15.0 Å². The smallest absolute Gasteiger partial charge is 0.404 e. The van der Waals surface area contributed by atoms with Crippen molar-refractivity contribution in [3.8, 4) is 16.9 Å². The van der Waals surface area contributed by atoms with Crippen molar-refractivity contribution in [1.29, 1.82) is 0 Å². The van der Waals surface area contributed by atoms with E-state index in [1.54, 1.807) is 37.4 Å². The molecular weight excluding hydrogens is 325 g/mol. The van der Waals surface area contributed by atoms with Crippen LogP contribution in [0.1, 0.15) is 20.3 Å². The summed E-state index contributed by atoms with van der Waals surface area (Å²) < 4.78 is 19.8. The summed E-state index contributed by atoms with van der Waals surface area (Å²) in [6.45, 7) is 4.00. The van der Waals surface area contributed by atoms with Gasteiger partial charge in [-0.05, 0) is 54.7 Å². The fourth-order valence-electron chi connectivity index (χ4n) is 2.60. The topological polar surface area (TPSA) is 97.5 Å². The Labute approximate surface area is 145 Å². The number of nitrogens with zero attached hydrogens (tertiary/aromatic N) is 1. The largest absolute Gasteiger partial charge is 0.490 e. The molecular formula is C18H22FN3O3. The molecule has 1 unspecified atom stereocenters. The maximum Gasteiger partial charge on any atom is 0.404 e. The quantitative estimate of drug-likeness (QED) is 0.712. The van der Waals surface area contributed by atoms with Gasteiger partial charge in [-0.25, -0.2) is 14.2 Å². The zero-order valence-corrected chi connectivity index (χ0v) is 14.2. The molecule has 0 spiro atoms. The number of ether oxygens (including phenoxy) is 1. The van der Waals surface area contributed by atoms with Crippen molar-refractivity contribution in [2.45, 2.75) is 26.3 Å². The first-order valence-corrected chi connectivity index (χ1v) is 7.99. The zero-order valence-electron chi connectivity index (χ0n) is 14.2. The molecule has 2 atom stereocenters. The van der Waals surface area contributed by atoms with Crippen LogP contribution in [0.5, 0.6) is 5.75 Å². The molecule has 7 heteroatoms. The number of anilines is 1. The molecule has 0 saturated carbocycles. The first-order chi connectivity index (χ1) is 11.8. The standard InChI is InChI=1S/C18H22FN3O3/c1-11(7-12(2)22-18(23)24)10-25-16-4-3-13(8-15(16)19)14-5-6-21-17(20)9-14/h3-6,8-9,11-12,22H,7,10H2,1-2H3,(H2,20,21)(H,23,24)/t11-,12?/m0/s1. The highest BCUT2D eigenvalue weighted by molar-refractivity contribution is 5.66. The molecule has 1 heterocycles. The number of hydrogen-bond donors (Lipinski definition) is 3. The van der Waals surface area contributed by atoms with E-state index in [-0.39, 0.29) is 17.7 Å². The molecule has 4 N–H and O–H groups in total. The van der Waals surface area contributed by atoms with Crippen LogP contribution in [0.3, 0.4) is 0 Å². The van der Waals surface area contributed by atoms with Crippen molar-refractivity contribution in [2.75, 3.05) is 12.3 Å². The molecule has 134 valence electrons. The fourth-order valence-corrected chi connectivity index (χ4v) is 2.60. The van der Waals surface area contributed by atoms with E-state index >= 15 is 0 Å². The van der Waals surface area contributed by atoms with Crippen LogP contribution in [-0.2, 0) is 0 Å². The number of aromatic nitrogens is 1. The lowest BCUT2D eigenvalue weighted by atomic mass is 10.0. The van der Waals surface area contributed by atoms with Crippen molar-refractivity contribution >= 4 is 11.9 Å². The molecule has 2 rings (SSSR count). The first kappa shape index (κ1) is 18.5. The second kappa shape index (κ2) is 8.32. The summed E-state index contributed by atoms with van der Waals surface area (Å²) in [5.41, 5.74) is 7.11. The van der Waals surface area contributed by atoms with Crippen LogP contribution in [0.2, 0.25) is 0 Å². The van der Waals surface area contributed by atoms with E-state index in [4.69, 9.17) is 15.6 Å². The van der Waals surface area contributed by atoms with E-state index in [0.29, 0.717) is 24.4 Å². The zero-order chi connectivity index (χ0) is 18.4. The Morgan fingerprint density at radius 2 is 2.04 bits per heavy atom. The van der Waals surface area contributed by atoms with Gasteiger partial charge in [-0.1, -0.05) is 13.0 Å². The van der Waals surface area contributed by atoms with E-state index in [1.807, 2.05) is 6.92 Å². The fraction of sp³-hybridized carbons (Fsp3) is 0.333. The number of halogens is 1.